The van der Waals surface area contributed by atoms with Gasteiger partial charge in [-0.3, -0.25) is 10.1 Å². The average molecular weight is 354 g/mol. The maximum Gasteiger partial charge on any atom is 0.263 e. The Morgan fingerprint density at radius 3 is 2.50 bits per heavy atom. The summed E-state index contributed by atoms with van der Waals surface area (Å²) in [6.45, 7) is 0. The summed E-state index contributed by atoms with van der Waals surface area (Å²) in [5, 5.41) is 6.75. The molecule has 130 valence electrons. The summed E-state index contributed by atoms with van der Waals surface area (Å²) in [6.07, 6.45) is 7.80. The van der Waals surface area contributed by atoms with E-state index in [1.165, 1.54) is 17.1 Å². The number of hydrogen-bond donors (Lipinski definition) is 2. The standard InChI is InChI=1S/C17H12F2N6O/c18-11-7-12(19)9-13(8-11)25-16(24-5-1-2-6-24)14(10-22-25)15(26)23-17-20-3-4-21-17/h1-10H,(H2,20,21,23,26). The number of carbonyl (C=O) groups is 1. The van der Waals surface area contributed by atoms with Gasteiger partial charge >= 0.3 is 0 Å². The molecule has 7 nitrogen and oxygen atoms in total. The maximum absolute atomic E-state index is 13.6. The normalized spacial score (nSPS) is 10.8. The van der Waals surface area contributed by atoms with Crippen LogP contribution >= 0.6 is 0 Å². The van der Waals surface area contributed by atoms with Gasteiger partial charge in [0.1, 0.15) is 17.2 Å². The van der Waals surface area contributed by atoms with Crippen molar-refractivity contribution in [1.29, 1.82) is 0 Å². The summed E-state index contributed by atoms with van der Waals surface area (Å²) in [4.78, 5) is 19.3. The second kappa shape index (κ2) is 6.28. The van der Waals surface area contributed by atoms with Gasteiger partial charge in [0.05, 0.1) is 11.9 Å². The fourth-order valence-corrected chi connectivity index (χ4v) is 2.59. The van der Waals surface area contributed by atoms with Crippen LogP contribution in [0.15, 0.2) is 61.3 Å². The van der Waals surface area contributed by atoms with Gasteiger partial charge in [-0.1, -0.05) is 0 Å². The number of aromatic amines is 1. The van der Waals surface area contributed by atoms with Crippen LogP contribution in [0.4, 0.5) is 14.7 Å². The zero-order valence-electron chi connectivity index (χ0n) is 13.2. The summed E-state index contributed by atoms with van der Waals surface area (Å²) in [7, 11) is 0. The fraction of sp³-hybridized carbons (Fsp3) is 0. The van der Waals surface area contributed by atoms with E-state index in [4.69, 9.17) is 0 Å². The molecule has 26 heavy (non-hydrogen) atoms. The average Bonchev–Trinajstić information content (AvgIpc) is 3.34. The smallest absolute Gasteiger partial charge is 0.263 e. The molecule has 3 heterocycles. The molecule has 9 heteroatoms. The van der Waals surface area contributed by atoms with Crippen molar-refractivity contribution in [2.45, 2.75) is 0 Å². The van der Waals surface area contributed by atoms with E-state index in [1.54, 1.807) is 35.3 Å². The van der Waals surface area contributed by atoms with Crippen LogP contribution in [0.3, 0.4) is 0 Å². The molecular weight excluding hydrogens is 342 g/mol. The number of H-pyrrole nitrogens is 1. The molecule has 0 spiro atoms. The maximum atomic E-state index is 13.6. The Labute approximate surface area is 145 Å². The molecule has 0 bridgehead atoms. The highest BCUT2D eigenvalue weighted by Crippen LogP contribution is 2.22. The van der Waals surface area contributed by atoms with Crippen LogP contribution in [-0.4, -0.2) is 30.2 Å². The number of benzene rings is 1. The van der Waals surface area contributed by atoms with Gasteiger partial charge in [0.15, 0.2) is 5.82 Å². The molecule has 0 aliphatic heterocycles. The Bertz CT molecular complexity index is 1030. The first-order chi connectivity index (χ1) is 12.6. The van der Waals surface area contributed by atoms with Crippen LogP contribution in [-0.2, 0) is 0 Å². The van der Waals surface area contributed by atoms with Crippen LogP contribution < -0.4 is 5.32 Å². The molecule has 0 radical (unpaired) electrons. The first-order valence-corrected chi connectivity index (χ1v) is 7.60. The first kappa shape index (κ1) is 15.8. The van der Waals surface area contributed by atoms with Gasteiger partial charge in [0, 0.05) is 30.9 Å². The molecule has 0 unspecified atom stereocenters. The summed E-state index contributed by atoms with van der Waals surface area (Å²) < 4.78 is 30.2. The minimum atomic E-state index is -0.740. The highest BCUT2D eigenvalue weighted by atomic mass is 19.1. The molecule has 0 fully saturated rings. The van der Waals surface area contributed by atoms with Crippen molar-refractivity contribution in [3.63, 3.8) is 0 Å². The summed E-state index contributed by atoms with van der Waals surface area (Å²) >= 11 is 0. The number of amides is 1. The number of nitrogens with one attached hydrogen (secondary N) is 2. The Morgan fingerprint density at radius 1 is 1.12 bits per heavy atom. The van der Waals surface area contributed by atoms with Gasteiger partial charge < -0.3 is 9.55 Å². The van der Waals surface area contributed by atoms with Crippen molar-refractivity contribution < 1.29 is 13.6 Å². The Morgan fingerprint density at radius 2 is 1.85 bits per heavy atom. The predicted molar refractivity (Wildman–Crippen MR) is 89.3 cm³/mol. The number of anilines is 1. The zero-order chi connectivity index (χ0) is 18.1. The topological polar surface area (TPSA) is 80.5 Å². The van der Waals surface area contributed by atoms with Crippen molar-refractivity contribution in [2.24, 2.45) is 0 Å². The minimum absolute atomic E-state index is 0.156. The first-order valence-electron chi connectivity index (χ1n) is 7.60. The van der Waals surface area contributed by atoms with E-state index in [-0.39, 0.29) is 17.2 Å². The number of carbonyl (C=O) groups excluding carboxylic acids is 1. The summed E-state index contributed by atoms with van der Waals surface area (Å²) in [6, 6.07) is 6.57. The van der Waals surface area contributed by atoms with E-state index < -0.39 is 17.5 Å². The number of halogens is 2. The molecule has 0 aliphatic rings. The van der Waals surface area contributed by atoms with E-state index in [0.29, 0.717) is 5.82 Å². The van der Waals surface area contributed by atoms with E-state index in [0.717, 1.165) is 18.2 Å². The van der Waals surface area contributed by atoms with Crippen molar-refractivity contribution in [1.82, 2.24) is 24.3 Å². The van der Waals surface area contributed by atoms with Crippen LogP contribution in [0.1, 0.15) is 10.4 Å². The second-order valence-electron chi connectivity index (χ2n) is 5.40. The quantitative estimate of drug-likeness (QED) is 0.591. The third-order valence-corrected chi connectivity index (χ3v) is 3.66. The highest BCUT2D eigenvalue weighted by Gasteiger charge is 2.21. The lowest BCUT2D eigenvalue weighted by Gasteiger charge is -2.11. The Kier molecular flexibility index (Phi) is 3.81. The van der Waals surface area contributed by atoms with Gasteiger partial charge in [-0.2, -0.15) is 5.10 Å². The summed E-state index contributed by atoms with van der Waals surface area (Å²) in [5.74, 6) is -1.33. The molecule has 0 saturated heterocycles. The van der Waals surface area contributed by atoms with Crippen molar-refractivity contribution in [3.8, 4) is 11.5 Å². The highest BCUT2D eigenvalue weighted by molar-refractivity contribution is 6.05. The van der Waals surface area contributed by atoms with Crippen LogP contribution in [0.25, 0.3) is 11.5 Å². The number of nitrogens with zero attached hydrogens (tertiary/aromatic N) is 4. The number of hydrogen-bond acceptors (Lipinski definition) is 3. The van der Waals surface area contributed by atoms with E-state index in [2.05, 4.69) is 20.4 Å². The van der Waals surface area contributed by atoms with E-state index in [9.17, 15) is 13.6 Å². The molecule has 0 aliphatic carbocycles. The van der Waals surface area contributed by atoms with Gasteiger partial charge in [0.2, 0.25) is 5.95 Å². The van der Waals surface area contributed by atoms with Crippen LogP contribution in [0.5, 0.6) is 0 Å². The van der Waals surface area contributed by atoms with Gasteiger partial charge in [-0.25, -0.2) is 18.4 Å². The number of aromatic nitrogens is 5. The second-order valence-corrected chi connectivity index (χ2v) is 5.40. The molecular formula is C17H12F2N6O. The molecule has 0 saturated carbocycles. The Balaban J connectivity index is 1.83. The largest absolute Gasteiger partial charge is 0.331 e. The molecule has 1 aromatic carbocycles. The molecule has 4 aromatic rings. The third kappa shape index (κ3) is 2.86. The zero-order valence-corrected chi connectivity index (χ0v) is 13.2. The lowest BCUT2D eigenvalue weighted by atomic mass is 10.2. The molecule has 1 amide bonds. The lowest BCUT2D eigenvalue weighted by molar-refractivity contribution is 0.102. The van der Waals surface area contributed by atoms with Crippen LogP contribution in [0, 0.1) is 11.6 Å². The molecule has 3 aromatic heterocycles. The molecule has 0 atom stereocenters. The van der Waals surface area contributed by atoms with Gasteiger partial charge in [-0.15, -0.1) is 0 Å². The monoisotopic (exact) mass is 354 g/mol. The predicted octanol–water partition coefficient (Wildman–Crippen LogP) is 2.92. The summed E-state index contributed by atoms with van der Waals surface area (Å²) in [5.41, 5.74) is 0.366. The molecule has 2 N–H and O–H groups in total. The van der Waals surface area contributed by atoms with Crippen molar-refractivity contribution >= 4 is 11.9 Å². The van der Waals surface area contributed by atoms with E-state index in [1.807, 2.05) is 0 Å². The van der Waals surface area contributed by atoms with Crippen molar-refractivity contribution in [3.05, 3.63) is 78.5 Å². The minimum Gasteiger partial charge on any atom is -0.331 e. The lowest BCUT2D eigenvalue weighted by Crippen LogP contribution is -2.16. The Hall–Kier alpha value is -3.75. The van der Waals surface area contributed by atoms with Gasteiger partial charge in [-0.05, 0) is 24.3 Å². The van der Waals surface area contributed by atoms with E-state index >= 15 is 0 Å². The number of imidazole rings is 1. The number of rotatable bonds is 4. The third-order valence-electron chi connectivity index (χ3n) is 3.66. The molecule has 4 rings (SSSR count). The SMILES string of the molecule is O=C(Nc1ncc[nH]1)c1cnn(-c2cc(F)cc(F)c2)c1-n1cccc1. The fourth-order valence-electron chi connectivity index (χ4n) is 2.59. The van der Waals surface area contributed by atoms with Gasteiger partial charge in [0.25, 0.3) is 5.91 Å². The van der Waals surface area contributed by atoms with Crippen LogP contribution in [0.2, 0.25) is 0 Å². The van der Waals surface area contributed by atoms with Crippen molar-refractivity contribution in [2.75, 3.05) is 5.32 Å².